The maximum atomic E-state index is 13.0. The summed E-state index contributed by atoms with van der Waals surface area (Å²) in [6.07, 6.45) is 1.65. The van der Waals surface area contributed by atoms with Gasteiger partial charge in [0.25, 0.3) is 11.8 Å². The number of hydrogen-bond acceptors (Lipinski definition) is 4. The van der Waals surface area contributed by atoms with Crippen LogP contribution < -0.4 is 0 Å². The number of amides is 2. The molecule has 0 aromatic heterocycles. The number of carboxylic acids is 1. The van der Waals surface area contributed by atoms with Crippen LogP contribution in [-0.4, -0.2) is 34.3 Å². The molecule has 2 amide bonds. The van der Waals surface area contributed by atoms with E-state index in [1.807, 2.05) is 54.6 Å². The lowest BCUT2D eigenvalue weighted by Gasteiger charge is -2.26. The highest BCUT2D eigenvalue weighted by molar-refractivity contribution is 6.21. The normalized spacial score (nSPS) is 15.9. The third-order valence-corrected chi connectivity index (χ3v) is 5.22. The van der Waals surface area contributed by atoms with Crippen LogP contribution in [0.1, 0.15) is 12.5 Å². The SMILES string of the molecule is CC1=C(C#N)C(=O)N(CC(=O)O)C(=O)C1=Cc1c2ccccc2cc2ccccc12. The van der Waals surface area contributed by atoms with Gasteiger partial charge in [0.1, 0.15) is 18.2 Å². The minimum atomic E-state index is -1.33. The van der Waals surface area contributed by atoms with Crippen LogP contribution in [0.5, 0.6) is 0 Å². The molecular weight excluding hydrogens is 380 g/mol. The van der Waals surface area contributed by atoms with Gasteiger partial charge in [-0.25, -0.2) is 0 Å². The van der Waals surface area contributed by atoms with Gasteiger partial charge in [-0.1, -0.05) is 48.5 Å². The molecule has 146 valence electrons. The third-order valence-electron chi connectivity index (χ3n) is 5.22. The Morgan fingerprint density at radius 1 is 1.03 bits per heavy atom. The number of hydrogen-bond donors (Lipinski definition) is 1. The molecule has 30 heavy (non-hydrogen) atoms. The summed E-state index contributed by atoms with van der Waals surface area (Å²) in [6, 6.07) is 19.3. The Bertz CT molecular complexity index is 1300. The first-order valence-electron chi connectivity index (χ1n) is 9.24. The van der Waals surface area contributed by atoms with Gasteiger partial charge in [-0.05, 0) is 51.7 Å². The highest BCUT2D eigenvalue weighted by Crippen LogP contribution is 2.33. The van der Waals surface area contributed by atoms with Crippen LogP contribution >= 0.6 is 0 Å². The molecule has 0 atom stereocenters. The maximum absolute atomic E-state index is 13.0. The summed E-state index contributed by atoms with van der Waals surface area (Å²) in [6.45, 7) is 0.732. The predicted molar refractivity (Wildman–Crippen MR) is 112 cm³/mol. The molecule has 0 bridgehead atoms. The zero-order valence-electron chi connectivity index (χ0n) is 16.0. The number of carbonyl (C=O) groups excluding carboxylic acids is 2. The van der Waals surface area contributed by atoms with Crippen LogP contribution in [0.3, 0.4) is 0 Å². The van der Waals surface area contributed by atoms with Crippen LogP contribution in [0.4, 0.5) is 0 Å². The first kappa shape index (κ1) is 19.1. The Morgan fingerprint density at radius 2 is 1.60 bits per heavy atom. The largest absolute Gasteiger partial charge is 0.480 e. The van der Waals surface area contributed by atoms with Gasteiger partial charge in [0.05, 0.1) is 0 Å². The second-order valence-electron chi connectivity index (χ2n) is 6.99. The number of rotatable bonds is 3. The zero-order valence-corrected chi connectivity index (χ0v) is 16.0. The quantitative estimate of drug-likeness (QED) is 0.414. The van der Waals surface area contributed by atoms with Gasteiger partial charge in [-0.15, -0.1) is 0 Å². The average Bonchev–Trinajstić information content (AvgIpc) is 2.73. The van der Waals surface area contributed by atoms with Crippen molar-refractivity contribution in [2.24, 2.45) is 0 Å². The van der Waals surface area contributed by atoms with Crippen molar-refractivity contribution in [3.8, 4) is 6.07 Å². The summed E-state index contributed by atoms with van der Waals surface area (Å²) in [5.41, 5.74) is 0.917. The van der Waals surface area contributed by atoms with Crippen molar-refractivity contribution in [3.05, 3.63) is 76.9 Å². The van der Waals surface area contributed by atoms with Crippen LogP contribution in [0.15, 0.2) is 71.3 Å². The molecule has 0 fully saturated rings. The van der Waals surface area contributed by atoms with Gasteiger partial charge in [0.15, 0.2) is 0 Å². The number of imide groups is 1. The monoisotopic (exact) mass is 396 g/mol. The molecule has 4 rings (SSSR count). The minimum absolute atomic E-state index is 0.133. The summed E-state index contributed by atoms with van der Waals surface area (Å²) in [4.78, 5) is 37.3. The summed E-state index contributed by atoms with van der Waals surface area (Å²) in [5.74, 6) is -2.94. The van der Waals surface area contributed by atoms with E-state index >= 15 is 0 Å². The summed E-state index contributed by atoms with van der Waals surface area (Å²) >= 11 is 0. The number of nitrogens with zero attached hydrogens (tertiary/aromatic N) is 2. The van der Waals surface area contributed by atoms with E-state index in [0.29, 0.717) is 4.90 Å². The Morgan fingerprint density at radius 3 is 2.13 bits per heavy atom. The fourth-order valence-corrected chi connectivity index (χ4v) is 3.76. The van der Waals surface area contributed by atoms with Crippen molar-refractivity contribution in [3.63, 3.8) is 0 Å². The number of nitriles is 1. The van der Waals surface area contributed by atoms with Crippen molar-refractivity contribution >= 4 is 45.4 Å². The lowest BCUT2D eigenvalue weighted by Crippen LogP contribution is -2.45. The van der Waals surface area contributed by atoms with Crippen LogP contribution in [-0.2, 0) is 14.4 Å². The van der Waals surface area contributed by atoms with Crippen molar-refractivity contribution in [2.75, 3.05) is 6.54 Å². The molecule has 0 spiro atoms. The number of benzene rings is 3. The Kier molecular flexibility index (Phi) is 4.65. The smallest absolute Gasteiger partial charge is 0.323 e. The van der Waals surface area contributed by atoms with Crippen molar-refractivity contribution < 1.29 is 19.5 Å². The lowest BCUT2D eigenvalue weighted by atomic mass is 9.90. The van der Waals surface area contributed by atoms with E-state index in [4.69, 9.17) is 5.11 Å². The van der Waals surface area contributed by atoms with Crippen molar-refractivity contribution in [1.29, 1.82) is 5.26 Å². The second-order valence-corrected chi connectivity index (χ2v) is 6.99. The third kappa shape index (κ3) is 3.03. The topological polar surface area (TPSA) is 98.5 Å². The standard InChI is InChI=1S/C24H16N2O4/c1-14-19(23(29)26(13-22(27)28)24(30)21(14)12-25)11-20-17-8-4-2-6-15(17)10-16-7-3-5-9-18(16)20/h2-11H,13H2,1H3,(H,27,28). The van der Waals surface area contributed by atoms with Crippen LogP contribution in [0, 0.1) is 11.3 Å². The number of carbonyl (C=O) groups is 3. The van der Waals surface area contributed by atoms with E-state index in [9.17, 15) is 19.6 Å². The highest BCUT2D eigenvalue weighted by atomic mass is 16.4. The fraction of sp³-hybridized carbons (Fsp3) is 0.0833. The first-order chi connectivity index (χ1) is 14.4. The van der Waals surface area contributed by atoms with Gasteiger partial charge in [0, 0.05) is 5.57 Å². The molecule has 0 unspecified atom stereocenters. The molecule has 1 aliphatic rings. The molecule has 0 saturated carbocycles. The van der Waals surface area contributed by atoms with Gasteiger partial charge >= 0.3 is 5.97 Å². The van der Waals surface area contributed by atoms with Crippen molar-refractivity contribution in [2.45, 2.75) is 6.92 Å². The molecule has 6 heteroatoms. The summed E-state index contributed by atoms with van der Waals surface area (Å²) in [5, 5.41) is 22.3. The van der Waals surface area contributed by atoms with Crippen LogP contribution in [0.25, 0.3) is 27.6 Å². The van der Waals surface area contributed by atoms with Gasteiger partial charge in [0.2, 0.25) is 0 Å². The van der Waals surface area contributed by atoms with Gasteiger partial charge < -0.3 is 5.11 Å². The number of fused-ring (bicyclic) bond motifs is 2. The van der Waals surface area contributed by atoms with Gasteiger partial charge in [-0.3, -0.25) is 19.3 Å². The van der Waals surface area contributed by atoms with Crippen LogP contribution in [0.2, 0.25) is 0 Å². The molecule has 0 radical (unpaired) electrons. The molecule has 3 aromatic carbocycles. The van der Waals surface area contributed by atoms with E-state index in [1.54, 1.807) is 6.08 Å². The van der Waals surface area contributed by atoms with Crippen molar-refractivity contribution in [1.82, 2.24) is 4.90 Å². The minimum Gasteiger partial charge on any atom is -0.480 e. The Balaban J connectivity index is 2.04. The average molecular weight is 396 g/mol. The Labute approximate surface area is 171 Å². The molecule has 0 saturated heterocycles. The molecule has 0 aliphatic carbocycles. The molecule has 6 nitrogen and oxygen atoms in total. The fourth-order valence-electron chi connectivity index (χ4n) is 3.76. The lowest BCUT2D eigenvalue weighted by molar-refractivity contribution is -0.149. The summed E-state index contributed by atoms with van der Waals surface area (Å²) < 4.78 is 0. The Hall–Kier alpha value is -4.24. The molecule has 1 aliphatic heterocycles. The molecule has 3 aromatic rings. The summed E-state index contributed by atoms with van der Waals surface area (Å²) in [7, 11) is 0. The number of aliphatic carboxylic acids is 1. The molecule has 1 heterocycles. The second kappa shape index (κ2) is 7.30. The molecule has 1 N–H and O–H groups in total. The first-order valence-corrected chi connectivity index (χ1v) is 9.24. The number of carboxylic acid groups (broad SMARTS) is 1. The predicted octanol–water partition coefficient (Wildman–Crippen LogP) is 3.67. The molecular formula is C24H16N2O4. The van der Waals surface area contributed by atoms with E-state index in [0.717, 1.165) is 27.1 Å². The maximum Gasteiger partial charge on any atom is 0.323 e. The van der Waals surface area contributed by atoms with E-state index < -0.39 is 24.3 Å². The zero-order chi connectivity index (χ0) is 21.4. The highest BCUT2D eigenvalue weighted by Gasteiger charge is 2.36. The van der Waals surface area contributed by atoms with E-state index in [-0.39, 0.29) is 16.7 Å². The van der Waals surface area contributed by atoms with E-state index in [1.165, 1.54) is 6.92 Å². The van der Waals surface area contributed by atoms with Gasteiger partial charge in [-0.2, -0.15) is 5.26 Å². The van der Waals surface area contributed by atoms with E-state index in [2.05, 4.69) is 6.07 Å².